The van der Waals surface area contributed by atoms with Crippen molar-refractivity contribution in [3.8, 4) is 6.07 Å². The molecule has 0 aliphatic rings. The Bertz CT molecular complexity index is 420. The minimum absolute atomic E-state index is 0.484. The van der Waals surface area contributed by atoms with Crippen molar-refractivity contribution in [1.82, 2.24) is 0 Å². The van der Waals surface area contributed by atoms with Gasteiger partial charge in [0.15, 0.2) is 0 Å². The van der Waals surface area contributed by atoms with Gasteiger partial charge < -0.3 is 9.64 Å². The second kappa shape index (κ2) is 8.36. The van der Waals surface area contributed by atoms with Crippen LogP contribution in [0.5, 0.6) is 0 Å². The molecule has 0 saturated heterocycles. The van der Waals surface area contributed by atoms with Gasteiger partial charge in [0.05, 0.1) is 19.1 Å². The number of nitriles is 1. The van der Waals surface area contributed by atoms with Crippen molar-refractivity contribution in [2.45, 2.75) is 11.8 Å². The molecule has 98 valence electrons. The zero-order chi connectivity index (χ0) is 13.4. The Hall–Kier alpha value is -0.760. The van der Waals surface area contributed by atoms with Crippen LogP contribution in [0.2, 0.25) is 5.02 Å². The lowest BCUT2D eigenvalue weighted by atomic mass is 10.1. The first-order chi connectivity index (χ1) is 8.72. The molecular weight excluding hydrogens is 316 g/mol. The lowest BCUT2D eigenvalue weighted by molar-refractivity contribution is 0.205. The average molecular weight is 332 g/mol. The van der Waals surface area contributed by atoms with Gasteiger partial charge in [0.2, 0.25) is 0 Å². The Kier molecular flexibility index (Phi) is 7.11. The van der Waals surface area contributed by atoms with Gasteiger partial charge in [0.25, 0.3) is 0 Å². The Morgan fingerprint density at radius 1 is 1.44 bits per heavy atom. The number of nitrogens with zero attached hydrogens (tertiary/aromatic N) is 2. The summed E-state index contributed by atoms with van der Waals surface area (Å²) >= 11 is 9.52. The van der Waals surface area contributed by atoms with Gasteiger partial charge in [-0.15, -0.1) is 0 Å². The summed E-state index contributed by atoms with van der Waals surface area (Å²) in [6.45, 7) is 2.05. The van der Waals surface area contributed by atoms with E-state index in [9.17, 15) is 0 Å². The second-order valence-corrected chi connectivity index (χ2v) is 4.79. The van der Waals surface area contributed by atoms with Gasteiger partial charge in [-0.25, -0.2) is 0 Å². The molecule has 0 radical (unpaired) electrons. The Morgan fingerprint density at radius 2 is 2.22 bits per heavy atom. The van der Waals surface area contributed by atoms with Crippen molar-refractivity contribution in [2.75, 3.05) is 31.7 Å². The Balaban J connectivity index is 2.94. The van der Waals surface area contributed by atoms with Crippen LogP contribution < -0.4 is 4.90 Å². The van der Waals surface area contributed by atoms with E-state index in [1.54, 1.807) is 7.11 Å². The van der Waals surface area contributed by atoms with Crippen molar-refractivity contribution in [3.63, 3.8) is 0 Å². The van der Waals surface area contributed by atoms with Crippen LogP contribution in [0, 0.1) is 11.3 Å². The minimum Gasteiger partial charge on any atom is -0.383 e. The van der Waals surface area contributed by atoms with E-state index in [4.69, 9.17) is 21.6 Å². The van der Waals surface area contributed by atoms with Crippen LogP contribution in [-0.4, -0.2) is 26.8 Å². The predicted molar refractivity (Wildman–Crippen MR) is 78.4 cm³/mol. The van der Waals surface area contributed by atoms with Crippen LogP contribution in [0.15, 0.2) is 18.2 Å². The highest BCUT2D eigenvalue weighted by molar-refractivity contribution is 9.08. The number of alkyl halides is 1. The minimum atomic E-state index is 0.484. The van der Waals surface area contributed by atoms with Gasteiger partial charge in [-0.3, -0.25) is 0 Å². The molecule has 0 amide bonds. The zero-order valence-corrected chi connectivity index (χ0v) is 12.7. The lowest BCUT2D eigenvalue weighted by Gasteiger charge is -2.26. The third-order valence-corrected chi connectivity index (χ3v) is 3.43. The van der Waals surface area contributed by atoms with Gasteiger partial charge in [-0.05, 0) is 17.7 Å². The van der Waals surface area contributed by atoms with Crippen LogP contribution in [0.3, 0.4) is 0 Å². The summed E-state index contributed by atoms with van der Waals surface area (Å²) in [5, 5.41) is 10.2. The molecule has 18 heavy (non-hydrogen) atoms. The maximum absolute atomic E-state index is 8.73. The van der Waals surface area contributed by atoms with Crippen molar-refractivity contribution >= 4 is 33.2 Å². The smallest absolute Gasteiger partial charge is 0.0640 e. The lowest BCUT2D eigenvalue weighted by Crippen LogP contribution is -2.29. The summed E-state index contributed by atoms with van der Waals surface area (Å²) in [6.07, 6.45) is 0.484. The molecule has 0 unspecified atom stereocenters. The first kappa shape index (κ1) is 15.3. The van der Waals surface area contributed by atoms with E-state index >= 15 is 0 Å². The topological polar surface area (TPSA) is 36.3 Å². The first-order valence-electron chi connectivity index (χ1n) is 5.68. The summed E-state index contributed by atoms with van der Waals surface area (Å²) in [7, 11) is 1.67. The molecule has 0 bridgehead atoms. The molecule has 0 aromatic heterocycles. The monoisotopic (exact) mass is 330 g/mol. The SMILES string of the molecule is COCCN(CCC#N)c1cc(Cl)ccc1CBr. The van der Waals surface area contributed by atoms with Crippen molar-refractivity contribution in [1.29, 1.82) is 5.26 Å². The number of anilines is 1. The number of methoxy groups -OCH3 is 1. The summed E-state index contributed by atoms with van der Waals surface area (Å²) in [6, 6.07) is 7.98. The summed E-state index contributed by atoms with van der Waals surface area (Å²) in [5.74, 6) is 0. The standard InChI is InChI=1S/C13H16BrClN2O/c1-18-8-7-17(6-2-5-16)13-9-12(15)4-3-11(13)10-14/h3-4,9H,2,6-8,10H2,1H3. The van der Waals surface area contributed by atoms with E-state index in [1.165, 1.54) is 0 Å². The van der Waals surface area contributed by atoms with E-state index in [2.05, 4.69) is 26.9 Å². The Morgan fingerprint density at radius 3 is 2.83 bits per heavy atom. The molecule has 0 atom stereocenters. The number of benzene rings is 1. The third-order valence-electron chi connectivity index (χ3n) is 2.59. The van der Waals surface area contributed by atoms with Crippen LogP contribution >= 0.6 is 27.5 Å². The maximum Gasteiger partial charge on any atom is 0.0640 e. The fourth-order valence-electron chi connectivity index (χ4n) is 1.68. The van der Waals surface area contributed by atoms with E-state index in [0.717, 1.165) is 23.1 Å². The number of ether oxygens (including phenoxy) is 1. The quantitative estimate of drug-likeness (QED) is 0.716. The maximum atomic E-state index is 8.73. The van der Waals surface area contributed by atoms with Gasteiger partial charge in [-0.2, -0.15) is 5.26 Å². The number of hydrogen-bond acceptors (Lipinski definition) is 3. The highest BCUT2D eigenvalue weighted by Crippen LogP contribution is 2.26. The molecule has 1 aromatic carbocycles. The number of rotatable bonds is 7. The van der Waals surface area contributed by atoms with E-state index < -0.39 is 0 Å². The molecule has 0 spiro atoms. The molecule has 0 fully saturated rings. The Labute approximate surface area is 121 Å². The largest absolute Gasteiger partial charge is 0.383 e. The van der Waals surface area contributed by atoms with Crippen molar-refractivity contribution < 1.29 is 4.74 Å². The van der Waals surface area contributed by atoms with E-state index in [1.807, 2.05) is 18.2 Å². The first-order valence-corrected chi connectivity index (χ1v) is 7.18. The van der Waals surface area contributed by atoms with Gasteiger partial charge in [0.1, 0.15) is 0 Å². The summed E-state index contributed by atoms with van der Waals surface area (Å²) in [5.41, 5.74) is 2.22. The summed E-state index contributed by atoms with van der Waals surface area (Å²) in [4.78, 5) is 2.13. The van der Waals surface area contributed by atoms with Crippen LogP contribution in [-0.2, 0) is 10.1 Å². The predicted octanol–water partition coefficient (Wildman–Crippen LogP) is 3.60. The van der Waals surface area contributed by atoms with E-state index in [-0.39, 0.29) is 0 Å². The fourth-order valence-corrected chi connectivity index (χ4v) is 2.32. The van der Waals surface area contributed by atoms with Crippen LogP contribution in [0.25, 0.3) is 0 Å². The molecule has 0 N–H and O–H groups in total. The third kappa shape index (κ3) is 4.49. The van der Waals surface area contributed by atoms with Gasteiger partial charge in [0, 0.05) is 36.2 Å². The molecule has 0 saturated carbocycles. The molecule has 3 nitrogen and oxygen atoms in total. The van der Waals surface area contributed by atoms with Gasteiger partial charge >= 0.3 is 0 Å². The highest BCUT2D eigenvalue weighted by atomic mass is 79.9. The van der Waals surface area contributed by atoms with Crippen LogP contribution in [0.4, 0.5) is 5.69 Å². The summed E-state index contributed by atoms with van der Waals surface area (Å²) < 4.78 is 5.11. The molecule has 5 heteroatoms. The highest BCUT2D eigenvalue weighted by Gasteiger charge is 2.11. The van der Waals surface area contributed by atoms with Crippen molar-refractivity contribution in [3.05, 3.63) is 28.8 Å². The molecule has 0 heterocycles. The molecular formula is C13H16BrClN2O. The van der Waals surface area contributed by atoms with Crippen LogP contribution in [0.1, 0.15) is 12.0 Å². The normalized spacial score (nSPS) is 10.1. The van der Waals surface area contributed by atoms with Gasteiger partial charge in [-0.1, -0.05) is 33.6 Å². The molecule has 0 aliphatic heterocycles. The molecule has 1 rings (SSSR count). The van der Waals surface area contributed by atoms with E-state index in [0.29, 0.717) is 24.6 Å². The molecule has 0 aliphatic carbocycles. The zero-order valence-electron chi connectivity index (χ0n) is 10.3. The molecule has 1 aromatic rings. The second-order valence-electron chi connectivity index (χ2n) is 3.79. The van der Waals surface area contributed by atoms with Crippen molar-refractivity contribution in [2.24, 2.45) is 0 Å². The number of hydrogen-bond donors (Lipinski definition) is 0. The number of halogens is 2. The fraction of sp³-hybridized carbons (Fsp3) is 0.462. The average Bonchev–Trinajstić information content (AvgIpc) is 2.39.